The number of rotatable bonds is 7. The first kappa shape index (κ1) is 16.8. The van der Waals surface area contributed by atoms with Gasteiger partial charge in [-0.2, -0.15) is 0 Å². The molecule has 0 spiro atoms. The summed E-state index contributed by atoms with van der Waals surface area (Å²) in [6.45, 7) is -0.147. The number of anilines is 2. The Morgan fingerprint density at radius 1 is 1.16 bits per heavy atom. The van der Waals surface area contributed by atoms with Gasteiger partial charge in [-0.3, -0.25) is 9.59 Å². The van der Waals surface area contributed by atoms with Crippen LogP contribution in [0.3, 0.4) is 0 Å². The number of hydrogen-bond donors (Lipinski definition) is 2. The summed E-state index contributed by atoms with van der Waals surface area (Å²) in [6.07, 6.45) is 3.40. The van der Waals surface area contributed by atoms with Crippen LogP contribution in [0.1, 0.15) is 12.8 Å². The van der Waals surface area contributed by atoms with Gasteiger partial charge in [-0.25, -0.2) is 4.98 Å². The maximum atomic E-state index is 11.9. The standard InChI is InChI=1S/C18H19N3O4/c1-24-17-8-7-14(10-19-17)20-16(22)11-25-15-4-2-3-13(9-15)21-18(23)12-5-6-12/h2-4,7-10,12H,5-6,11H2,1H3,(H,20,22)(H,21,23). The van der Waals surface area contributed by atoms with Gasteiger partial charge in [0.25, 0.3) is 5.91 Å². The van der Waals surface area contributed by atoms with Gasteiger partial charge in [0.05, 0.1) is 19.0 Å². The third-order valence-electron chi connectivity index (χ3n) is 3.65. The van der Waals surface area contributed by atoms with E-state index in [0.717, 1.165) is 12.8 Å². The fourth-order valence-corrected chi connectivity index (χ4v) is 2.17. The molecule has 0 radical (unpaired) electrons. The first-order chi connectivity index (χ1) is 12.1. The molecule has 25 heavy (non-hydrogen) atoms. The largest absolute Gasteiger partial charge is 0.484 e. The van der Waals surface area contributed by atoms with Crippen LogP contribution < -0.4 is 20.1 Å². The second-order valence-electron chi connectivity index (χ2n) is 5.72. The van der Waals surface area contributed by atoms with Crippen molar-refractivity contribution in [3.63, 3.8) is 0 Å². The highest BCUT2D eigenvalue weighted by molar-refractivity contribution is 5.94. The Bertz CT molecular complexity index is 757. The molecule has 1 heterocycles. The van der Waals surface area contributed by atoms with Crippen LogP contribution in [0.5, 0.6) is 11.6 Å². The topological polar surface area (TPSA) is 89.5 Å². The molecule has 3 rings (SSSR count). The van der Waals surface area contributed by atoms with Crippen LogP contribution in [-0.4, -0.2) is 30.5 Å². The molecule has 1 aliphatic carbocycles. The Balaban J connectivity index is 1.50. The fraction of sp³-hybridized carbons (Fsp3) is 0.278. The van der Waals surface area contributed by atoms with Crippen molar-refractivity contribution >= 4 is 23.2 Å². The van der Waals surface area contributed by atoms with Crippen LogP contribution in [0.25, 0.3) is 0 Å². The van der Waals surface area contributed by atoms with Crippen LogP contribution in [-0.2, 0) is 9.59 Å². The quantitative estimate of drug-likeness (QED) is 0.807. The Hall–Kier alpha value is -3.09. The van der Waals surface area contributed by atoms with Gasteiger partial charge >= 0.3 is 0 Å². The lowest BCUT2D eigenvalue weighted by Gasteiger charge is -2.09. The molecular formula is C18H19N3O4. The van der Waals surface area contributed by atoms with Gasteiger partial charge in [-0.05, 0) is 31.0 Å². The number of methoxy groups -OCH3 is 1. The predicted molar refractivity (Wildman–Crippen MR) is 92.7 cm³/mol. The van der Waals surface area contributed by atoms with Crippen LogP contribution in [0.4, 0.5) is 11.4 Å². The molecule has 1 fully saturated rings. The highest BCUT2D eigenvalue weighted by Gasteiger charge is 2.29. The zero-order valence-corrected chi connectivity index (χ0v) is 13.8. The van der Waals surface area contributed by atoms with E-state index >= 15 is 0 Å². The number of nitrogens with zero attached hydrogens (tertiary/aromatic N) is 1. The minimum atomic E-state index is -0.306. The van der Waals surface area contributed by atoms with E-state index in [1.54, 1.807) is 36.4 Å². The number of pyridine rings is 1. The van der Waals surface area contributed by atoms with Crippen molar-refractivity contribution in [2.24, 2.45) is 5.92 Å². The first-order valence-corrected chi connectivity index (χ1v) is 7.97. The predicted octanol–water partition coefficient (Wildman–Crippen LogP) is 2.46. The van der Waals surface area contributed by atoms with Gasteiger partial charge < -0.3 is 20.1 Å². The molecule has 130 valence electrons. The highest BCUT2D eigenvalue weighted by atomic mass is 16.5. The lowest BCUT2D eigenvalue weighted by atomic mass is 10.3. The molecule has 2 aromatic rings. The van der Waals surface area contributed by atoms with E-state index in [1.165, 1.54) is 13.3 Å². The fourth-order valence-electron chi connectivity index (χ4n) is 2.17. The Labute approximate surface area is 145 Å². The molecule has 1 saturated carbocycles. The smallest absolute Gasteiger partial charge is 0.262 e. The molecule has 1 aliphatic rings. The van der Waals surface area contributed by atoms with E-state index in [9.17, 15) is 9.59 Å². The SMILES string of the molecule is COc1ccc(NC(=O)COc2cccc(NC(=O)C3CC3)c2)cn1. The molecule has 7 nitrogen and oxygen atoms in total. The van der Waals surface area contributed by atoms with E-state index in [4.69, 9.17) is 9.47 Å². The zero-order valence-electron chi connectivity index (χ0n) is 13.8. The van der Waals surface area contributed by atoms with Gasteiger partial charge in [0.1, 0.15) is 5.75 Å². The van der Waals surface area contributed by atoms with Crippen molar-refractivity contribution < 1.29 is 19.1 Å². The summed E-state index contributed by atoms with van der Waals surface area (Å²) in [6, 6.07) is 10.3. The van der Waals surface area contributed by atoms with Crippen molar-refractivity contribution in [2.75, 3.05) is 24.4 Å². The summed E-state index contributed by atoms with van der Waals surface area (Å²) in [7, 11) is 1.52. The summed E-state index contributed by atoms with van der Waals surface area (Å²) in [4.78, 5) is 27.7. The summed E-state index contributed by atoms with van der Waals surface area (Å²) < 4.78 is 10.4. The van der Waals surface area contributed by atoms with Crippen LogP contribution in [0.15, 0.2) is 42.6 Å². The second kappa shape index (κ2) is 7.65. The monoisotopic (exact) mass is 341 g/mol. The van der Waals surface area contributed by atoms with Gasteiger partial charge in [-0.15, -0.1) is 0 Å². The summed E-state index contributed by atoms with van der Waals surface area (Å²) in [5, 5.41) is 5.52. The third-order valence-corrected chi connectivity index (χ3v) is 3.65. The average molecular weight is 341 g/mol. The van der Waals surface area contributed by atoms with Crippen molar-refractivity contribution in [1.29, 1.82) is 0 Å². The van der Waals surface area contributed by atoms with E-state index in [1.807, 2.05) is 0 Å². The molecule has 7 heteroatoms. The summed E-state index contributed by atoms with van der Waals surface area (Å²) in [5.74, 6) is 0.839. The minimum absolute atomic E-state index is 0.0295. The molecule has 0 bridgehead atoms. The molecule has 0 unspecified atom stereocenters. The Kier molecular flexibility index (Phi) is 5.13. The molecular weight excluding hydrogens is 322 g/mol. The van der Waals surface area contributed by atoms with Crippen molar-refractivity contribution in [3.8, 4) is 11.6 Å². The van der Waals surface area contributed by atoms with Crippen molar-refractivity contribution in [1.82, 2.24) is 4.98 Å². The lowest BCUT2D eigenvalue weighted by Crippen LogP contribution is -2.20. The van der Waals surface area contributed by atoms with E-state index in [-0.39, 0.29) is 24.3 Å². The van der Waals surface area contributed by atoms with Crippen molar-refractivity contribution in [2.45, 2.75) is 12.8 Å². The maximum absolute atomic E-state index is 11.9. The molecule has 1 aromatic heterocycles. The van der Waals surface area contributed by atoms with Gasteiger partial charge in [0, 0.05) is 23.7 Å². The number of benzene rings is 1. The number of carbonyl (C=O) groups excluding carboxylic acids is 2. The molecule has 2 N–H and O–H groups in total. The molecule has 0 saturated heterocycles. The zero-order chi connectivity index (χ0) is 17.6. The second-order valence-corrected chi connectivity index (χ2v) is 5.72. The normalized spacial score (nSPS) is 13.0. The van der Waals surface area contributed by atoms with E-state index in [0.29, 0.717) is 23.0 Å². The number of aromatic nitrogens is 1. The molecule has 2 amide bonds. The maximum Gasteiger partial charge on any atom is 0.262 e. The number of nitrogens with one attached hydrogen (secondary N) is 2. The van der Waals surface area contributed by atoms with E-state index in [2.05, 4.69) is 15.6 Å². The molecule has 1 aromatic carbocycles. The Morgan fingerprint density at radius 2 is 2.00 bits per heavy atom. The van der Waals surface area contributed by atoms with Crippen LogP contribution in [0, 0.1) is 5.92 Å². The third kappa shape index (κ3) is 4.94. The average Bonchev–Trinajstić information content (AvgIpc) is 3.46. The molecule has 0 atom stereocenters. The van der Waals surface area contributed by atoms with Gasteiger partial charge in [0.2, 0.25) is 11.8 Å². The molecule has 0 aliphatic heterocycles. The number of carbonyl (C=O) groups is 2. The Morgan fingerprint density at radius 3 is 2.68 bits per heavy atom. The number of ether oxygens (including phenoxy) is 2. The van der Waals surface area contributed by atoms with Crippen LogP contribution in [0.2, 0.25) is 0 Å². The first-order valence-electron chi connectivity index (χ1n) is 7.97. The van der Waals surface area contributed by atoms with E-state index < -0.39 is 0 Å². The highest BCUT2D eigenvalue weighted by Crippen LogP contribution is 2.30. The number of hydrogen-bond acceptors (Lipinski definition) is 5. The minimum Gasteiger partial charge on any atom is -0.484 e. The van der Waals surface area contributed by atoms with Crippen molar-refractivity contribution in [3.05, 3.63) is 42.6 Å². The summed E-state index contributed by atoms with van der Waals surface area (Å²) in [5.41, 5.74) is 1.22. The van der Waals surface area contributed by atoms with Gasteiger partial charge in [0.15, 0.2) is 6.61 Å². The summed E-state index contributed by atoms with van der Waals surface area (Å²) >= 11 is 0. The lowest BCUT2D eigenvalue weighted by molar-refractivity contribution is -0.118. The van der Waals surface area contributed by atoms with Gasteiger partial charge in [-0.1, -0.05) is 6.07 Å². The van der Waals surface area contributed by atoms with Crippen LogP contribution >= 0.6 is 0 Å². The number of amides is 2.